The Morgan fingerprint density at radius 2 is 1.75 bits per heavy atom. The number of carbonyl (C=O) groups excluding carboxylic acids is 1. The van der Waals surface area contributed by atoms with Crippen molar-refractivity contribution in [3.8, 4) is 0 Å². The molecule has 1 aromatic carbocycles. The average Bonchev–Trinajstić information content (AvgIpc) is 3.24. The van der Waals surface area contributed by atoms with E-state index in [-0.39, 0.29) is 5.91 Å². The number of likely N-dealkylation sites (tertiary alicyclic amines) is 1. The lowest BCUT2D eigenvalue weighted by molar-refractivity contribution is 0.0657. The van der Waals surface area contributed by atoms with Crippen molar-refractivity contribution in [2.24, 2.45) is 0 Å². The Bertz CT molecular complexity index is 724. The van der Waals surface area contributed by atoms with E-state index in [1.54, 1.807) is 0 Å². The summed E-state index contributed by atoms with van der Waals surface area (Å²) in [5, 5.41) is 1.20. The van der Waals surface area contributed by atoms with Gasteiger partial charge in [-0.3, -0.25) is 9.69 Å². The maximum absolute atomic E-state index is 13.1. The highest BCUT2D eigenvalue weighted by molar-refractivity contribution is 6.01. The van der Waals surface area contributed by atoms with Gasteiger partial charge < -0.3 is 14.8 Å². The maximum Gasteiger partial charge on any atom is 0.270 e. The van der Waals surface area contributed by atoms with Crippen LogP contribution in [-0.2, 0) is 6.54 Å². The summed E-state index contributed by atoms with van der Waals surface area (Å²) in [6.07, 6.45) is 2.54. The molecule has 128 valence electrons. The Balaban J connectivity index is 1.66. The number of rotatable bonds is 3. The number of amides is 1. The summed E-state index contributed by atoms with van der Waals surface area (Å²) < 4.78 is 0. The van der Waals surface area contributed by atoms with Gasteiger partial charge in [-0.2, -0.15) is 0 Å². The van der Waals surface area contributed by atoms with Gasteiger partial charge in [0.2, 0.25) is 0 Å². The molecule has 0 radical (unpaired) electrons. The third-order valence-electron chi connectivity index (χ3n) is 5.40. The summed E-state index contributed by atoms with van der Waals surface area (Å²) >= 11 is 0. The smallest absolute Gasteiger partial charge is 0.270 e. The zero-order valence-corrected chi connectivity index (χ0v) is 14.4. The standard InChI is InChI=1S/C19H26N4O/c1-21-10-12-23(13-11-21)19(24)18-16(14-22-8-4-5-9-22)15-6-2-3-7-17(15)20-18/h2-3,6-7,20H,4-5,8-14H2,1H3. The zero-order chi connectivity index (χ0) is 16.5. The number of hydrogen-bond acceptors (Lipinski definition) is 3. The second-order valence-corrected chi connectivity index (χ2v) is 7.10. The van der Waals surface area contributed by atoms with Gasteiger partial charge in [-0.05, 0) is 39.0 Å². The van der Waals surface area contributed by atoms with Crippen molar-refractivity contribution in [1.82, 2.24) is 19.7 Å². The normalized spacial score (nSPS) is 20.1. The van der Waals surface area contributed by atoms with Gasteiger partial charge in [0.25, 0.3) is 5.91 Å². The van der Waals surface area contributed by atoms with Crippen molar-refractivity contribution in [3.05, 3.63) is 35.5 Å². The predicted octanol–water partition coefficient (Wildman–Crippen LogP) is 2.15. The fourth-order valence-electron chi connectivity index (χ4n) is 3.88. The van der Waals surface area contributed by atoms with E-state index in [9.17, 15) is 4.79 Å². The molecule has 0 spiro atoms. The third-order valence-corrected chi connectivity index (χ3v) is 5.40. The van der Waals surface area contributed by atoms with Crippen LogP contribution in [0, 0.1) is 0 Å². The van der Waals surface area contributed by atoms with E-state index in [1.165, 1.54) is 23.8 Å². The average molecular weight is 326 g/mol. The number of benzene rings is 1. The first kappa shape index (κ1) is 15.7. The fraction of sp³-hybridized carbons (Fsp3) is 0.526. The first-order valence-corrected chi connectivity index (χ1v) is 9.02. The number of H-pyrrole nitrogens is 1. The van der Waals surface area contributed by atoms with Gasteiger partial charge in [-0.25, -0.2) is 0 Å². The molecule has 1 N–H and O–H groups in total. The topological polar surface area (TPSA) is 42.6 Å². The second-order valence-electron chi connectivity index (χ2n) is 7.10. The molecule has 2 aromatic rings. The molecule has 2 aliphatic rings. The first-order valence-electron chi connectivity index (χ1n) is 9.02. The summed E-state index contributed by atoms with van der Waals surface area (Å²) in [6, 6.07) is 8.30. The van der Waals surface area contributed by atoms with E-state index >= 15 is 0 Å². The molecule has 0 aliphatic carbocycles. The van der Waals surface area contributed by atoms with Gasteiger partial charge in [0, 0.05) is 49.2 Å². The lowest BCUT2D eigenvalue weighted by Crippen LogP contribution is -2.47. The minimum atomic E-state index is 0.161. The van der Waals surface area contributed by atoms with E-state index in [0.717, 1.165) is 57.0 Å². The zero-order valence-electron chi connectivity index (χ0n) is 14.4. The monoisotopic (exact) mass is 326 g/mol. The highest BCUT2D eigenvalue weighted by atomic mass is 16.2. The van der Waals surface area contributed by atoms with Crippen molar-refractivity contribution < 1.29 is 4.79 Å². The Morgan fingerprint density at radius 1 is 1.04 bits per heavy atom. The van der Waals surface area contributed by atoms with E-state index in [4.69, 9.17) is 0 Å². The molecular weight excluding hydrogens is 300 g/mol. The number of piperazine rings is 1. The number of aromatic nitrogens is 1. The van der Waals surface area contributed by atoms with Gasteiger partial charge in [-0.1, -0.05) is 18.2 Å². The number of nitrogens with one attached hydrogen (secondary N) is 1. The van der Waals surface area contributed by atoms with Crippen LogP contribution < -0.4 is 0 Å². The molecule has 0 saturated carbocycles. The van der Waals surface area contributed by atoms with Crippen molar-refractivity contribution in [2.45, 2.75) is 19.4 Å². The van der Waals surface area contributed by atoms with Gasteiger partial charge in [0.15, 0.2) is 0 Å². The lowest BCUT2D eigenvalue weighted by Gasteiger charge is -2.32. The van der Waals surface area contributed by atoms with Crippen LogP contribution in [0.15, 0.2) is 24.3 Å². The number of aromatic amines is 1. The van der Waals surface area contributed by atoms with Gasteiger partial charge in [0.05, 0.1) is 0 Å². The van der Waals surface area contributed by atoms with Crippen LogP contribution in [0.2, 0.25) is 0 Å². The van der Waals surface area contributed by atoms with Crippen molar-refractivity contribution in [1.29, 1.82) is 0 Å². The Kier molecular flexibility index (Phi) is 4.29. The third kappa shape index (κ3) is 2.94. The van der Waals surface area contributed by atoms with E-state index in [1.807, 2.05) is 11.0 Å². The Labute approximate surface area is 143 Å². The molecule has 1 aromatic heterocycles. The number of para-hydroxylation sites is 1. The molecule has 24 heavy (non-hydrogen) atoms. The SMILES string of the molecule is CN1CCN(C(=O)c2[nH]c3ccccc3c2CN2CCCC2)CC1. The van der Waals surface area contributed by atoms with Crippen LogP contribution in [-0.4, -0.2) is 71.9 Å². The quantitative estimate of drug-likeness (QED) is 0.940. The number of likely N-dealkylation sites (N-methyl/N-ethyl adjacent to an activating group) is 1. The summed E-state index contributed by atoms with van der Waals surface area (Å²) in [4.78, 5) is 23.3. The van der Waals surface area contributed by atoms with Crippen molar-refractivity contribution in [2.75, 3.05) is 46.3 Å². The van der Waals surface area contributed by atoms with Crippen LogP contribution in [0.25, 0.3) is 10.9 Å². The molecule has 0 unspecified atom stereocenters. The minimum Gasteiger partial charge on any atom is -0.350 e. The fourth-order valence-corrected chi connectivity index (χ4v) is 3.88. The largest absolute Gasteiger partial charge is 0.350 e. The summed E-state index contributed by atoms with van der Waals surface area (Å²) in [6.45, 7) is 6.69. The molecule has 1 amide bonds. The number of hydrogen-bond donors (Lipinski definition) is 1. The molecule has 5 nitrogen and oxygen atoms in total. The molecule has 0 atom stereocenters. The van der Waals surface area contributed by atoms with Gasteiger partial charge in [0.1, 0.15) is 5.69 Å². The van der Waals surface area contributed by atoms with Gasteiger partial charge in [-0.15, -0.1) is 0 Å². The number of fused-ring (bicyclic) bond motifs is 1. The molecule has 4 rings (SSSR count). The Hall–Kier alpha value is -1.85. The van der Waals surface area contributed by atoms with Crippen molar-refractivity contribution in [3.63, 3.8) is 0 Å². The molecule has 2 fully saturated rings. The number of nitrogens with zero attached hydrogens (tertiary/aromatic N) is 3. The van der Waals surface area contributed by atoms with Crippen LogP contribution in [0.5, 0.6) is 0 Å². The van der Waals surface area contributed by atoms with Crippen LogP contribution in [0.1, 0.15) is 28.9 Å². The molecular formula is C19H26N4O. The highest BCUT2D eigenvalue weighted by Crippen LogP contribution is 2.26. The predicted molar refractivity (Wildman–Crippen MR) is 96.2 cm³/mol. The Morgan fingerprint density at radius 3 is 2.50 bits per heavy atom. The van der Waals surface area contributed by atoms with Crippen molar-refractivity contribution >= 4 is 16.8 Å². The molecule has 5 heteroatoms. The highest BCUT2D eigenvalue weighted by Gasteiger charge is 2.26. The summed E-state index contributed by atoms with van der Waals surface area (Å²) in [5.74, 6) is 0.161. The van der Waals surface area contributed by atoms with E-state index in [0.29, 0.717) is 0 Å². The maximum atomic E-state index is 13.1. The molecule has 3 heterocycles. The molecule has 2 saturated heterocycles. The summed E-state index contributed by atoms with van der Waals surface area (Å²) in [7, 11) is 2.11. The van der Waals surface area contributed by atoms with Crippen LogP contribution in [0.3, 0.4) is 0 Å². The van der Waals surface area contributed by atoms with E-state index in [2.05, 4.69) is 40.0 Å². The lowest BCUT2D eigenvalue weighted by atomic mass is 10.1. The second kappa shape index (κ2) is 6.57. The van der Waals surface area contributed by atoms with E-state index < -0.39 is 0 Å². The van der Waals surface area contributed by atoms with Gasteiger partial charge >= 0.3 is 0 Å². The molecule has 0 bridgehead atoms. The molecule has 2 aliphatic heterocycles. The van der Waals surface area contributed by atoms with Crippen LogP contribution >= 0.6 is 0 Å². The minimum absolute atomic E-state index is 0.161. The number of carbonyl (C=O) groups is 1. The summed E-state index contributed by atoms with van der Waals surface area (Å²) in [5.41, 5.74) is 3.05. The van der Waals surface area contributed by atoms with Crippen LogP contribution in [0.4, 0.5) is 0 Å². The first-order chi connectivity index (χ1) is 11.7.